The van der Waals surface area contributed by atoms with Gasteiger partial charge in [-0.1, -0.05) is 0 Å². The number of aliphatic hydroxyl groups excluding tert-OH is 1. The van der Waals surface area contributed by atoms with E-state index in [0.29, 0.717) is 37.7 Å². The van der Waals surface area contributed by atoms with E-state index in [1.807, 2.05) is 13.8 Å². The number of hydrogen-bond acceptors (Lipinski definition) is 8. The van der Waals surface area contributed by atoms with E-state index in [0.717, 1.165) is 11.1 Å². The van der Waals surface area contributed by atoms with Gasteiger partial charge in [-0.2, -0.15) is 0 Å². The van der Waals surface area contributed by atoms with Gasteiger partial charge in [0.25, 0.3) is 11.8 Å². The zero-order valence-electron chi connectivity index (χ0n) is 18.6. The van der Waals surface area contributed by atoms with Crippen LogP contribution in [0.3, 0.4) is 0 Å². The smallest absolute Gasteiger partial charge is 0.337 e. The topological polar surface area (TPSA) is 118 Å². The van der Waals surface area contributed by atoms with Crippen LogP contribution in [0.1, 0.15) is 11.1 Å². The molecule has 10 heteroatoms. The van der Waals surface area contributed by atoms with Crippen molar-refractivity contribution in [3.63, 3.8) is 0 Å². The van der Waals surface area contributed by atoms with Crippen LogP contribution in [0.15, 0.2) is 23.4 Å². The molecule has 2 aliphatic heterocycles. The second-order valence-corrected chi connectivity index (χ2v) is 7.64. The Balaban J connectivity index is 1.74. The van der Waals surface area contributed by atoms with Crippen molar-refractivity contribution in [3.8, 4) is 5.75 Å². The number of nitrogens with one attached hydrogen (secondary N) is 1. The van der Waals surface area contributed by atoms with E-state index in [4.69, 9.17) is 14.2 Å². The Labute approximate surface area is 186 Å². The number of aliphatic hydroxyl groups is 1. The molecule has 0 radical (unpaired) electrons. The molecule has 0 unspecified atom stereocenters. The highest BCUT2D eigenvalue weighted by Crippen LogP contribution is 2.30. The first-order valence-electron chi connectivity index (χ1n) is 10.4. The first kappa shape index (κ1) is 23.6. The van der Waals surface area contributed by atoms with E-state index in [1.54, 1.807) is 17.0 Å². The number of carbonyl (C=O) groups is 3. The molecule has 0 spiro atoms. The standard InChI is InChI=1S/C22H29N3O7/c1-14-10-16(23-19-17(22(29)30-3)12-25(4-7-26)21(19)28)11-15(2)20(14)32-13-18(27)24-5-8-31-9-6-24/h10-11,23,26H,4-9,12-13H2,1-3H3. The van der Waals surface area contributed by atoms with Crippen LogP contribution in [-0.4, -0.2) is 92.4 Å². The highest BCUT2D eigenvalue weighted by molar-refractivity contribution is 6.08. The van der Waals surface area contributed by atoms with Crippen molar-refractivity contribution < 1.29 is 33.7 Å². The van der Waals surface area contributed by atoms with E-state index in [9.17, 15) is 19.5 Å². The van der Waals surface area contributed by atoms with Crippen LogP contribution in [0.4, 0.5) is 5.69 Å². The summed E-state index contributed by atoms with van der Waals surface area (Å²) >= 11 is 0. The van der Waals surface area contributed by atoms with Gasteiger partial charge in [-0.05, 0) is 37.1 Å². The average molecular weight is 447 g/mol. The molecule has 2 N–H and O–H groups in total. The Morgan fingerprint density at radius 1 is 1.19 bits per heavy atom. The van der Waals surface area contributed by atoms with Crippen molar-refractivity contribution in [2.75, 3.05) is 65.0 Å². The van der Waals surface area contributed by atoms with Gasteiger partial charge in [-0.3, -0.25) is 9.59 Å². The fourth-order valence-corrected chi connectivity index (χ4v) is 3.78. The fraction of sp³-hybridized carbons (Fsp3) is 0.500. The van der Waals surface area contributed by atoms with Crippen molar-refractivity contribution in [1.29, 1.82) is 0 Å². The molecule has 32 heavy (non-hydrogen) atoms. The maximum Gasteiger partial charge on any atom is 0.337 e. The van der Waals surface area contributed by atoms with Gasteiger partial charge in [0.05, 0.1) is 39.0 Å². The van der Waals surface area contributed by atoms with E-state index >= 15 is 0 Å². The molecule has 3 rings (SSSR count). The highest BCUT2D eigenvalue weighted by atomic mass is 16.5. The second kappa shape index (κ2) is 10.5. The van der Waals surface area contributed by atoms with E-state index in [2.05, 4.69) is 5.32 Å². The van der Waals surface area contributed by atoms with Gasteiger partial charge in [0, 0.05) is 25.3 Å². The molecule has 1 aromatic rings. The second-order valence-electron chi connectivity index (χ2n) is 7.64. The Hall–Kier alpha value is -3.11. The van der Waals surface area contributed by atoms with E-state index < -0.39 is 5.97 Å². The molecule has 0 bridgehead atoms. The summed E-state index contributed by atoms with van der Waals surface area (Å²) in [6, 6.07) is 3.57. The quantitative estimate of drug-likeness (QED) is 0.544. The van der Waals surface area contributed by atoms with E-state index in [-0.39, 0.29) is 49.4 Å². The zero-order chi connectivity index (χ0) is 23.3. The number of hydrogen-bond donors (Lipinski definition) is 2. The molecule has 2 aliphatic rings. The number of morpholine rings is 1. The Bertz CT molecular complexity index is 899. The average Bonchev–Trinajstić information content (AvgIpc) is 3.08. The SMILES string of the molecule is COC(=O)C1=C(Nc2cc(C)c(OCC(=O)N3CCOCC3)c(C)c2)C(=O)N(CCO)C1. The summed E-state index contributed by atoms with van der Waals surface area (Å²) in [4.78, 5) is 40.3. The molecule has 2 heterocycles. The number of aryl methyl sites for hydroxylation is 2. The molecule has 174 valence electrons. The molecule has 0 aromatic heterocycles. The van der Waals surface area contributed by atoms with Gasteiger partial charge in [0.15, 0.2) is 6.61 Å². The number of carbonyl (C=O) groups excluding carboxylic acids is 3. The molecule has 0 atom stereocenters. The van der Waals surface area contributed by atoms with Gasteiger partial charge in [-0.15, -0.1) is 0 Å². The van der Waals surface area contributed by atoms with Crippen LogP contribution in [0.2, 0.25) is 0 Å². The van der Waals surface area contributed by atoms with Crippen LogP contribution < -0.4 is 10.1 Å². The van der Waals surface area contributed by atoms with Crippen LogP contribution in [0, 0.1) is 13.8 Å². The molecule has 10 nitrogen and oxygen atoms in total. The lowest BCUT2D eigenvalue weighted by Gasteiger charge is -2.27. The van der Waals surface area contributed by atoms with Crippen molar-refractivity contribution >= 4 is 23.5 Å². The van der Waals surface area contributed by atoms with Gasteiger partial charge in [0.1, 0.15) is 11.4 Å². The van der Waals surface area contributed by atoms with Crippen LogP contribution in [0.25, 0.3) is 0 Å². The summed E-state index contributed by atoms with van der Waals surface area (Å²) < 4.78 is 15.9. The molecule has 2 amide bonds. The third-order valence-corrected chi connectivity index (χ3v) is 5.39. The maximum absolute atomic E-state index is 12.7. The Morgan fingerprint density at radius 3 is 2.44 bits per heavy atom. The van der Waals surface area contributed by atoms with Crippen LogP contribution >= 0.6 is 0 Å². The van der Waals surface area contributed by atoms with Gasteiger partial charge >= 0.3 is 5.97 Å². The number of β-amino-alcohol motifs (C(OH)–C–C–N with tert-alkyl or cyclic N) is 1. The number of methoxy groups -OCH3 is 1. The number of rotatable bonds is 8. The zero-order valence-corrected chi connectivity index (χ0v) is 18.6. The van der Waals surface area contributed by atoms with Gasteiger partial charge in [-0.25, -0.2) is 4.79 Å². The fourth-order valence-electron chi connectivity index (χ4n) is 3.78. The van der Waals surface area contributed by atoms with Crippen molar-refractivity contribution in [2.24, 2.45) is 0 Å². The number of nitrogens with zero attached hydrogens (tertiary/aromatic N) is 2. The number of esters is 1. The molecule has 0 aliphatic carbocycles. The molecule has 1 saturated heterocycles. The first-order valence-corrected chi connectivity index (χ1v) is 10.4. The summed E-state index contributed by atoms with van der Waals surface area (Å²) in [5.74, 6) is -0.482. The number of ether oxygens (including phenoxy) is 3. The summed E-state index contributed by atoms with van der Waals surface area (Å²) in [6.45, 7) is 5.77. The molecule has 1 aromatic carbocycles. The summed E-state index contributed by atoms with van der Waals surface area (Å²) in [7, 11) is 1.25. The summed E-state index contributed by atoms with van der Waals surface area (Å²) in [6.07, 6.45) is 0. The first-order chi connectivity index (χ1) is 15.3. The molecule has 0 saturated carbocycles. The number of amides is 2. The normalized spacial score (nSPS) is 16.4. The highest BCUT2D eigenvalue weighted by Gasteiger charge is 2.34. The number of anilines is 1. The Kier molecular flexibility index (Phi) is 7.70. The van der Waals surface area contributed by atoms with Gasteiger partial charge < -0.3 is 34.4 Å². The molecular weight excluding hydrogens is 418 g/mol. The van der Waals surface area contributed by atoms with E-state index in [1.165, 1.54) is 12.0 Å². The van der Waals surface area contributed by atoms with Crippen molar-refractivity contribution in [1.82, 2.24) is 9.80 Å². The van der Waals surface area contributed by atoms with Crippen molar-refractivity contribution in [3.05, 3.63) is 34.5 Å². The van der Waals surface area contributed by atoms with Crippen molar-refractivity contribution in [2.45, 2.75) is 13.8 Å². The Morgan fingerprint density at radius 2 is 1.84 bits per heavy atom. The third kappa shape index (κ3) is 5.20. The van der Waals surface area contributed by atoms with Crippen LogP contribution in [0.5, 0.6) is 5.75 Å². The molecular formula is C22H29N3O7. The van der Waals surface area contributed by atoms with Gasteiger partial charge in [0.2, 0.25) is 0 Å². The predicted molar refractivity (Wildman–Crippen MR) is 115 cm³/mol. The lowest BCUT2D eigenvalue weighted by Crippen LogP contribution is -2.43. The lowest BCUT2D eigenvalue weighted by molar-refractivity contribution is -0.137. The third-order valence-electron chi connectivity index (χ3n) is 5.39. The molecule has 1 fully saturated rings. The van der Waals surface area contributed by atoms with Crippen LogP contribution in [-0.2, 0) is 23.9 Å². The minimum absolute atomic E-state index is 0.0667. The maximum atomic E-state index is 12.7. The summed E-state index contributed by atoms with van der Waals surface area (Å²) in [5, 5.41) is 12.2. The minimum atomic E-state index is -0.601. The predicted octanol–water partition coefficient (Wildman–Crippen LogP) is 0.215. The minimum Gasteiger partial charge on any atom is -0.483 e. The number of benzene rings is 1. The monoisotopic (exact) mass is 447 g/mol. The largest absolute Gasteiger partial charge is 0.483 e. The lowest BCUT2D eigenvalue weighted by atomic mass is 10.1. The summed E-state index contributed by atoms with van der Waals surface area (Å²) in [5.41, 5.74) is 2.49.